The second-order valence-corrected chi connectivity index (χ2v) is 4.73. The van der Waals surface area contributed by atoms with Gasteiger partial charge in [-0.2, -0.15) is 0 Å². The number of rotatable bonds is 6. The maximum atomic E-state index is 5.92. The van der Waals surface area contributed by atoms with Crippen LogP contribution in [-0.4, -0.2) is 12.6 Å². The highest BCUT2D eigenvalue weighted by Crippen LogP contribution is 2.31. The molecule has 3 heteroatoms. The Kier molecular flexibility index (Phi) is 4.93. The minimum absolute atomic E-state index is 0.0739. The number of nitrogens with one attached hydrogen (secondary N) is 1. The van der Waals surface area contributed by atoms with Crippen LogP contribution in [-0.2, 0) is 11.2 Å². The van der Waals surface area contributed by atoms with Gasteiger partial charge in [0.1, 0.15) is 0 Å². The number of hydrogen-bond acceptors (Lipinski definition) is 3. The van der Waals surface area contributed by atoms with Gasteiger partial charge < -0.3 is 4.74 Å². The van der Waals surface area contributed by atoms with Gasteiger partial charge in [0, 0.05) is 0 Å². The molecule has 2 atom stereocenters. The molecule has 0 saturated heterocycles. The Bertz CT molecular complexity index is 392. The first-order valence-corrected chi connectivity index (χ1v) is 6.63. The van der Waals surface area contributed by atoms with Crippen LogP contribution < -0.4 is 11.3 Å². The smallest absolute Gasteiger partial charge is 0.0994 e. The summed E-state index contributed by atoms with van der Waals surface area (Å²) in [6.07, 6.45) is 6.12. The number of hydrogen-bond donors (Lipinski definition) is 2. The monoisotopic (exact) mass is 246 g/mol. The van der Waals surface area contributed by atoms with Gasteiger partial charge in [-0.3, -0.25) is 11.3 Å². The van der Waals surface area contributed by atoms with Gasteiger partial charge in [0.25, 0.3) is 0 Å². The summed E-state index contributed by atoms with van der Waals surface area (Å²) in [5.41, 5.74) is 5.58. The maximum Gasteiger partial charge on any atom is 0.0994 e. The molecule has 3 nitrogen and oxygen atoms in total. The molecular weight excluding hydrogens is 224 g/mol. The largest absolute Gasteiger partial charge is 0.371 e. The lowest BCUT2D eigenvalue weighted by Crippen LogP contribution is -2.42. The van der Waals surface area contributed by atoms with Crippen molar-refractivity contribution in [3.05, 3.63) is 48.0 Å². The highest BCUT2D eigenvalue weighted by atomic mass is 16.5. The van der Waals surface area contributed by atoms with E-state index in [0.717, 1.165) is 32.3 Å². The molecule has 0 radical (unpaired) electrons. The van der Waals surface area contributed by atoms with Gasteiger partial charge in [-0.1, -0.05) is 30.3 Å². The molecule has 0 spiro atoms. The first kappa shape index (κ1) is 13.3. The van der Waals surface area contributed by atoms with Crippen LogP contribution in [0.3, 0.4) is 0 Å². The molecule has 0 fully saturated rings. The fourth-order valence-electron chi connectivity index (χ4n) is 2.56. The first-order chi connectivity index (χ1) is 8.86. The number of fused-ring (bicyclic) bond motifs is 1. The zero-order chi connectivity index (χ0) is 12.8. The predicted molar refractivity (Wildman–Crippen MR) is 74.0 cm³/mol. The highest BCUT2D eigenvalue weighted by molar-refractivity contribution is 5.31. The Morgan fingerprint density at radius 2 is 2.33 bits per heavy atom. The van der Waals surface area contributed by atoms with E-state index in [9.17, 15) is 0 Å². The number of nitrogens with two attached hydrogens (primary N) is 1. The summed E-state index contributed by atoms with van der Waals surface area (Å²) in [4.78, 5) is 0. The summed E-state index contributed by atoms with van der Waals surface area (Å²) < 4.78 is 5.92. The molecule has 0 aromatic heterocycles. The van der Waals surface area contributed by atoms with Gasteiger partial charge in [0.2, 0.25) is 0 Å². The molecule has 1 heterocycles. The molecule has 2 unspecified atom stereocenters. The zero-order valence-electron chi connectivity index (χ0n) is 10.8. The molecule has 0 saturated carbocycles. The van der Waals surface area contributed by atoms with E-state index in [-0.39, 0.29) is 12.1 Å². The van der Waals surface area contributed by atoms with Crippen molar-refractivity contribution >= 4 is 0 Å². The number of unbranched alkanes of at least 4 members (excludes halogenated alkanes) is 1. The number of benzene rings is 1. The average molecular weight is 246 g/mol. The Morgan fingerprint density at radius 3 is 3.11 bits per heavy atom. The van der Waals surface area contributed by atoms with E-state index in [2.05, 4.69) is 36.3 Å². The lowest BCUT2D eigenvalue weighted by molar-refractivity contribution is 0.0128. The SMILES string of the molecule is C=CCCCC(NN)C1OCCc2ccccc21. The Morgan fingerprint density at radius 1 is 1.50 bits per heavy atom. The van der Waals surface area contributed by atoms with E-state index in [0.29, 0.717) is 0 Å². The number of hydrazine groups is 1. The summed E-state index contributed by atoms with van der Waals surface area (Å²) in [6.45, 7) is 4.53. The van der Waals surface area contributed by atoms with E-state index in [4.69, 9.17) is 10.6 Å². The van der Waals surface area contributed by atoms with Crippen LogP contribution in [0.25, 0.3) is 0 Å². The van der Waals surface area contributed by atoms with E-state index in [1.165, 1.54) is 11.1 Å². The third-order valence-corrected chi connectivity index (χ3v) is 3.53. The standard InChI is InChI=1S/C15H22N2O/c1-2-3-4-9-14(17-16)15-13-8-6-5-7-12(13)10-11-18-15/h2,5-8,14-15,17H,1,3-4,9-11,16H2. The van der Waals surface area contributed by atoms with Gasteiger partial charge in [-0.25, -0.2) is 0 Å². The molecule has 0 amide bonds. The van der Waals surface area contributed by atoms with Gasteiger partial charge in [0.15, 0.2) is 0 Å². The molecule has 1 aliphatic rings. The summed E-state index contributed by atoms with van der Waals surface area (Å²) in [7, 11) is 0. The van der Waals surface area contributed by atoms with Crippen molar-refractivity contribution in [3.63, 3.8) is 0 Å². The molecule has 0 bridgehead atoms. The maximum absolute atomic E-state index is 5.92. The normalized spacial score (nSPS) is 20.2. The minimum atomic E-state index is 0.0739. The van der Waals surface area contributed by atoms with Crippen molar-refractivity contribution in [1.82, 2.24) is 5.43 Å². The van der Waals surface area contributed by atoms with Crippen LogP contribution in [0.1, 0.15) is 36.5 Å². The summed E-state index contributed by atoms with van der Waals surface area (Å²) in [5.74, 6) is 5.69. The van der Waals surface area contributed by atoms with Crippen molar-refractivity contribution in [2.45, 2.75) is 37.8 Å². The van der Waals surface area contributed by atoms with Crippen LogP contribution in [0.4, 0.5) is 0 Å². The molecule has 1 aromatic rings. The Balaban J connectivity index is 2.09. The van der Waals surface area contributed by atoms with Gasteiger partial charge in [-0.05, 0) is 36.8 Å². The molecule has 0 aliphatic carbocycles. The number of allylic oxidation sites excluding steroid dienone is 1. The third-order valence-electron chi connectivity index (χ3n) is 3.53. The molecular formula is C15H22N2O. The molecule has 2 rings (SSSR count). The third kappa shape index (κ3) is 2.99. The summed E-state index contributed by atoms with van der Waals surface area (Å²) in [6, 6.07) is 8.66. The second-order valence-electron chi connectivity index (χ2n) is 4.73. The molecule has 18 heavy (non-hydrogen) atoms. The molecule has 98 valence electrons. The molecule has 1 aromatic carbocycles. The van der Waals surface area contributed by atoms with Crippen molar-refractivity contribution in [3.8, 4) is 0 Å². The van der Waals surface area contributed by atoms with E-state index in [1.807, 2.05) is 6.08 Å². The summed E-state index contributed by atoms with van der Waals surface area (Å²) in [5, 5.41) is 0. The fraction of sp³-hybridized carbons (Fsp3) is 0.467. The van der Waals surface area contributed by atoms with Crippen LogP contribution in [0.2, 0.25) is 0 Å². The van der Waals surface area contributed by atoms with Crippen LogP contribution in [0.5, 0.6) is 0 Å². The zero-order valence-corrected chi connectivity index (χ0v) is 10.8. The van der Waals surface area contributed by atoms with Crippen molar-refractivity contribution in [2.75, 3.05) is 6.61 Å². The number of ether oxygens (including phenoxy) is 1. The van der Waals surface area contributed by atoms with Gasteiger partial charge >= 0.3 is 0 Å². The highest BCUT2D eigenvalue weighted by Gasteiger charge is 2.27. The molecule has 1 aliphatic heterocycles. The van der Waals surface area contributed by atoms with E-state index >= 15 is 0 Å². The quantitative estimate of drug-likeness (QED) is 0.351. The fourth-order valence-corrected chi connectivity index (χ4v) is 2.56. The average Bonchev–Trinajstić information content (AvgIpc) is 2.43. The Hall–Kier alpha value is -1.16. The summed E-state index contributed by atoms with van der Waals surface area (Å²) >= 11 is 0. The Labute approximate surface area is 109 Å². The van der Waals surface area contributed by atoms with Crippen LogP contribution >= 0.6 is 0 Å². The first-order valence-electron chi connectivity index (χ1n) is 6.63. The van der Waals surface area contributed by atoms with Gasteiger partial charge in [0.05, 0.1) is 18.8 Å². The predicted octanol–water partition coefficient (Wildman–Crippen LogP) is 2.49. The lowest BCUT2D eigenvalue weighted by atomic mass is 9.91. The van der Waals surface area contributed by atoms with E-state index < -0.39 is 0 Å². The second kappa shape index (κ2) is 6.69. The molecule has 3 N–H and O–H groups in total. The van der Waals surface area contributed by atoms with Crippen LogP contribution in [0.15, 0.2) is 36.9 Å². The van der Waals surface area contributed by atoms with Crippen LogP contribution in [0, 0.1) is 0 Å². The van der Waals surface area contributed by atoms with Crippen molar-refractivity contribution in [1.29, 1.82) is 0 Å². The van der Waals surface area contributed by atoms with Gasteiger partial charge in [-0.15, -0.1) is 6.58 Å². The van der Waals surface area contributed by atoms with Crippen molar-refractivity contribution < 1.29 is 4.74 Å². The van der Waals surface area contributed by atoms with Crippen molar-refractivity contribution in [2.24, 2.45) is 5.84 Å². The minimum Gasteiger partial charge on any atom is -0.371 e. The lowest BCUT2D eigenvalue weighted by Gasteiger charge is -2.32. The van der Waals surface area contributed by atoms with E-state index in [1.54, 1.807) is 0 Å². The topological polar surface area (TPSA) is 47.3 Å².